The summed E-state index contributed by atoms with van der Waals surface area (Å²) in [4.78, 5) is 29.7. The monoisotopic (exact) mass is 414 g/mol. The van der Waals surface area contributed by atoms with Crippen LogP contribution in [0.4, 0.5) is 19.6 Å². The van der Waals surface area contributed by atoms with Crippen molar-refractivity contribution < 1.29 is 23.1 Å². The second-order valence-corrected chi connectivity index (χ2v) is 6.77. The fraction of sp³-hybridized carbons (Fsp3) is 0.0952. The zero-order valence-electron chi connectivity index (χ0n) is 15.6. The molecular formula is C21H16F2N2O3S. The Bertz CT molecular complexity index is 1100. The van der Waals surface area contributed by atoms with Crippen molar-refractivity contribution >= 4 is 39.9 Å². The summed E-state index contributed by atoms with van der Waals surface area (Å²) in [6.07, 6.45) is 2.85. The SMILES string of the molecule is COc1cccc(C(=O)C=Cc2csc(N(C(C)=O)c3ccc(F)cc3F)n2)c1. The number of halogens is 2. The van der Waals surface area contributed by atoms with E-state index in [1.54, 1.807) is 29.6 Å². The van der Waals surface area contributed by atoms with Gasteiger partial charge in [0.2, 0.25) is 5.91 Å². The molecule has 2 aromatic carbocycles. The molecule has 1 heterocycles. The molecule has 0 spiro atoms. The van der Waals surface area contributed by atoms with E-state index in [-0.39, 0.29) is 16.6 Å². The van der Waals surface area contributed by atoms with E-state index in [1.807, 2.05) is 0 Å². The van der Waals surface area contributed by atoms with Crippen LogP contribution in [-0.4, -0.2) is 23.8 Å². The highest BCUT2D eigenvalue weighted by Gasteiger charge is 2.21. The van der Waals surface area contributed by atoms with E-state index in [0.29, 0.717) is 23.1 Å². The van der Waals surface area contributed by atoms with Crippen LogP contribution in [0.5, 0.6) is 5.75 Å². The quantitative estimate of drug-likeness (QED) is 0.420. The highest BCUT2D eigenvalue weighted by molar-refractivity contribution is 7.14. The molecule has 0 fully saturated rings. The number of ether oxygens (including phenoxy) is 1. The summed E-state index contributed by atoms with van der Waals surface area (Å²) in [7, 11) is 1.51. The lowest BCUT2D eigenvalue weighted by atomic mass is 10.1. The average molecular weight is 414 g/mol. The largest absolute Gasteiger partial charge is 0.497 e. The van der Waals surface area contributed by atoms with Crippen molar-refractivity contribution in [2.24, 2.45) is 0 Å². The summed E-state index contributed by atoms with van der Waals surface area (Å²) in [5, 5.41) is 1.83. The van der Waals surface area contributed by atoms with E-state index < -0.39 is 17.5 Å². The maximum absolute atomic E-state index is 14.1. The molecule has 29 heavy (non-hydrogen) atoms. The zero-order chi connectivity index (χ0) is 21.0. The van der Waals surface area contributed by atoms with Crippen LogP contribution in [-0.2, 0) is 4.79 Å². The molecule has 0 aliphatic carbocycles. The molecule has 0 aliphatic rings. The first kappa shape index (κ1) is 20.3. The molecule has 8 heteroatoms. The van der Waals surface area contributed by atoms with Gasteiger partial charge in [-0.25, -0.2) is 13.8 Å². The van der Waals surface area contributed by atoms with Gasteiger partial charge in [0.25, 0.3) is 0 Å². The first-order valence-electron chi connectivity index (χ1n) is 8.47. The van der Waals surface area contributed by atoms with Crippen LogP contribution >= 0.6 is 11.3 Å². The second-order valence-electron chi connectivity index (χ2n) is 5.93. The predicted molar refractivity (Wildman–Crippen MR) is 108 cm³/mol. The number of methoxy groups -OCH3 is 1. The van der Waals surface area contributed by atoms with Crippen molar-refractivity contribution in [2.75, 3.05) is 12.0 Å². The van der Waals surface area contributed by atoms with Crippen molar-refractivity contribution in [2.45, 2.75) is 6.92 Å². The molecule has 0 saturated carbocycles. The number of benzene rings is 2. The first-order chi connectivity index (χ1) is 13.9. The molecule has 148 valence electrons. The van der Waals surface area contributed by atoms with E-state index in [1.165, 1.54) is 32.3 Å². The van der Waals surface area contributed by atoms with Gasteiger partial charge < -0.3 is 4.74 Å². The minimum atomic E-state index is -0.874. The van der Waals surface area contributed by atoms with Gasteiger partial charge in [-0.3, -0.25) is 14.5 Å². The van der Waals surface area contributed by atoms with E-state index >= 15 is 0 Å². The molecule has 0 saturated heterocycles. The molecule has 0 atom stereocenters. The maximum Gasteiger partial charge on any atom is 0.230 e. The normalized spacial score (nSPS) is 10.9. The fourth-order valence-corrected chi connectivity index (χ4v) is 3.41. The lowest BCUT2D eigenvalue weighted by Gasteiger charge is -2.18. The maximum atomic E-state index is 14.1. The second kappa shape index (κ2) is 8.74. The van der Waals surface area contributed by atoms with Gasteiger partial charge >= 0.3 is 0 Å². The number of rotatable bonds is 6. The lowest BCUT2D eigenvalue weighted by Crippen LogP contribution is -2.23. The smallest absolute Gasteiger partial charge is 0.230 e. The number of nitrogens with zero attached hydrogens (tertiary/aromatic N) is 2. The molecule has 0 aliphatic heterocycles. The fourth-order valence-electron chi connectivity index (χ4n) is 2.56. The first-order valence-corrected chi connectivity index (χ1v) is 9.34. The Kier molecular flexibility index (Phi) is 6.13. The van der Waals surface area contributed by atoms with Crippen molar-refractivity contribution in [1.29, 1.82) is 0 Å². The number of ketones is 1. The Balaban J connectivity index is 1.83. The molecule has 3 rings (SSSR count). The van der Waals surface area contributed by atoms with E-state index in [2.05, 4.69) is 4.98 Å². The minimum Gasteiger partial charge on any atom is -0.497 e. The molecule has 3 aromatic rings. The van der Waals surface area contributed by atoms with Gasteiger partial charge in [-0.05, 0) is 36.4 Å². The molecule has 5 nitrogen and oxygen atoms in total. The summed E-state index contributed by atoms with van der Waals surface area (Å²) in [5.41, 5.74) is 0.779. The Morgan fingerprint density at radius 2 is 1.97 bits per heavy atom. The van der Waals surface area contributed by atoms with Crippen LogP contribution in [0.2, 0.25) is 0 Å². The van der Waals surface area contributed by atoms with Gasteiger partial charge in [-0.1, -0.05) is 12.1 Å². The molecule has 0 bridgehead atoms. The van der Waals surface area contributed by atoms with Crippen LogP contribution in [0.15, 0.2) is 53.9 Å². The number of hydrogen-bond acceptors (Lipinski definition) is 5. The highest BCUT2D eigenvalue weighted by Crippen LogP contribution is 2.31. The number of aromatic nitrogens is 1. The lowest BCUT2D eigenvalue weighted by molar-refractivity contribution is -0.115. The summed E-state index contributed by atoms with van der Waals surface area (Å²) in [5.74, 6) is -1.77. The van der Waals surface area contributed by atoms with Gasteiger partial charge in [-0.15, -0.1) is 11.3 Å². The van der Waals surface area contributed by atoms with Crippen molar-refractivity contribution in [3.8, 4) is 5.75 Å². The summed E-state index contributed by atoms with van der Waals surface area (Å²) >= 11 is 1.10. The van der Waals surface area contributed by atoms with E-state index in [9.17, 15) is 18.4 Å². The van der Waals surface area contributed by atoms with Crippen LogP contribution in [0.1, 0.15) is 23.0 Å². The molecule has 0 N–H and O–H groups in total. The number of carbonyl (C=O) groups is 2. The Hall–Kier alpha value is -3.39. The number of thiazole rings is 1. The van der Waals surface area contributed by atoms with Gasteiger partial charge in [0.05, 0.1) is 18.5 Å². The van der Waals surface area contributed by atoms with Gasteiger partial charge in [0.1, 0.15) is 17.4 Å². The van der Waals surface area contributed by atoms with Gasteiger partial charge in [0, 0.05) is 23.9 Å². The van der Waals surface area contributed by atoms with Crippen LogP contribution in [0.3, 0.4) is 0 Å². The summed E-state index contributed by atoms with van der Waals surface area (Å²) in [6, 6.07) is 9.67. The van der Waals surface area contributed by atoms with E-state index in [4.69, 9.17) is 4.74 Å². The average Bonchev–Trinajstić information content (AvgIpc) is 3.16. The third-order valence-corrected chi connectivity index (χ3v) is 4.77. The molecule has 0 unspecified atom stereocenters. The summed E-state index contributed by atoms with van der Waals surface area (Å²) in [6.45, 7) is 1.26. The number of anilines is 2. The van der Waals surface area contributed by atoms with Crippen molar-refractivity contribution in [3.63, 3.8) is 0 Å². The number of carbonyl (C=O) groups excluding carboxylic acids is 2. The van der Waals surface area contributed by atoms with Crippen LogP contribution in [0.25, 0.3) is 6.08 Å². The summed E-state index contributed by atoms with van der Waals surface area (Å²) < 4.78 is 32.4. The topological polar surface area (TPSA) is 59.5 Å². The Labute approximate surface area is 169 Å². The van der Waals surface area contributed by atoms with Crippen molar-refractivity contribution in [1.82, 2.24) is 4.98 Å². The van der Waals surface area contributed by atoms with Gasteiger partial charge in [0.15, 0.2) is 10.9 Å². The Morgan fingerprint density at radius 1 is 1.17 bits per heavy atom. The van der Waals surface area contributed by atoms with Crippen molar-refractivity contribution in [3.05, 3.63) is 76.8 Å². The molecule has 0 radical (unpaired) electrons. The molecule has 1 aromatic heterocycles. The Morgan fingerprint density at radius 3 is 2.66 bits per heavy atom. The van der Waals surface area contributed by atoms with Gasteiger partial charge in [-0.2, -0.15) is 0 Å². The minimum absolute atomic E-state index is 0.101. The zero-order valence-corrected chi connectivity index (χ0v) is 16.4. The number of amides is 1. The van der Waals surface area contributed by atoms with Crippen LogP contribution in [0, 0.1) is 11.6 Å². The number of allylic oxidation sites excluding steroid dienone is 1. The highest BCUT2D eigenvalue weighted by atomic mass is 32.1. The van der Waals surface area contributed by atoms with E-state index in [0.717, 1.165) is 22.3 Å². The predicted octanol–water partition coefficient (Wildman–Crippen LogP) is 5.01. The standard InChI is InChI=1S/C21H16F2N2O3S/c1-13(26)25(19-8-6-15(22)11-18(19)23)21-24-16(12-29-21)7-9-20(27)14-4-3-5-17(10-14)28-2/h3-12H,1-2H3. The number of hydrogen-bond donors (Lipinski definition) is 0. The molecule has 1 amide bonds. The molecular weight excluding hydrogens is 398 g/mol. The third kappa shape index (κ3) is 4.72. The van der Waals surface area contributed by atoms with Crippen LogP contribution < -0.4 is 9.64 Å². The third-order valence-electron chi connectivity index (χ3n) is 3.93.